The highest BCUT2D eigenvalue weighted by Crippen LogP contribution is 2.14. The maximum atomic E-state index is 12.4. The van der Waals surface area contributed by atoms with Gasteiger partial charge < -0.3 is 10.2 Å². The lowest BCUT2D eigenvalue weighted by Crippen LogP contribution is -3.11. The molecule has 0 saturated carbocycles. The standard InChI is InChI=1S/C20H27N3O3S/c1-22(2)18(14-16-8-6-5-7-9-16)15-21-20(24)17-10-12-19(13-11-17)27(25,26)23(3)4/h5-13,18H,14-15H2,1-4H3,(H,21,24)/p+1/t18-/m0/s1. The van der Waals surface area contributed by atoms with Crippen LogP contribution in [-0.2, 0) is 16.4 Å². The topological polar surface area (TPSA) is 70.9 Å². The van der Waals surface area contributed by atoms with Crippen LogP contribution in [-0.4, -0.2) is 59.4 Å². The summed E-state index contributed by atoms with van der Waals surface area (Å²) in [7, 11) is 3.60. The molecular formula is C20H28N3O3S+. The van der Waals surface area contributed by atoms with Crippen LogP contribution in [0.15, 0.2) is 59.5 Å². The van der Waals surface area contributed by atoms with Gasteiger partial charge in [0.25, 0.3) is 5.91 Å². The van der Waals surface area contributed by atoms with E-state index in [1.807, 2.05) is 18.2 Å². The normalized spacial score (nSPS) is 13.0. The Morgan fingerprint density at radius 3 is 2.15 bits per heavy atom. The first kappa shape index (κ1) is 21.1. The van der Waals surface area contributed by atoms with Crippen molar-refractivity contribution in [3.8, 4) is 0 Å². The number of nitrogens with zero attached hydrogens (tertiary/aromatic N) is 1. The number of hydrogen-bond acceptors (Lipinski definition) is 3. The van der Waals surface area contributed by atoms with Crippen LogP contribution in [0.1, 0.15) is 15.9 Å². The molecule has 0 aliphatic carbocycles. The van der Waals surface area contributed by atoms with E-state index < -0.39 is 10.0 Å². The van der Waals surface area contributed by atoms with Crippen LogP contribution in [0.5, 0.6) is 0 Å². The van der Waals surface area contributed by atoms with Crippen molar-refractivity contribution >= 4 is 15.9 Å². The van der Waals surface area contributed by atoms with Crippen molar-refractivity contribution in [2.24, 2.45) is 0 Å². The predicted molar refractivity (Wildman–Crippen MR) is 106 cm³/mol. The number of amides is 1. The highest BCUT2D eigenvalue weighted by Gasteiger charge is 2.19. The van der Waals surface area contributed by atoms with Gasteiger partial charge in [-0.2, -0.15) is 0 Å². The number of nitrogens with one attached hydrogen (secondary N) is 2. The van der Waals surface area contributed by atoms with Crippen molar-refractivity contribution in [2.75, 3.05) is 34.7 Å². The number of rotatable bonds is 8. The minimum atomic E-state index is -3.49. The van der Waals surface area contributed by atoms with E-state index in [9.17, 15) is 13.2 Å². The Labute approximate surface area is 161 Å². The van der Waals surface area contributed by atoms with Crippen molar-refractivity contribution in [1.82, 2.24) is 9.62 Å². The molecule has 1 atom stereocenters. The largest absolute Gasteiger partial charge is 0.346 e. The molecule has 27 heavy (non-hydrogen) atoms. The average Bonchev–Trinajstić information content (AvgIpc) is 2.65. The lowest BCUT2D eigenvalue weighted by atomic mass is 10.1. The Kier molecular flexibility index (Phi) is 7.12. The van der Waals surface area contributed by atoms with Crippen molar-refractivity contribution in [1.29, 1.82) is 0 Å². The molecule has 0 aromatic heterocycles. The third-order valence-corrected chi connectivity index (χ3v) is 6.37. The summed E-state index contributed by atoms with van der Waals surface area (Å²) in [6.45, 7) is 0.536. The van der Waals surface area contributed by atoms with E-state index in [1.54, 1.807) is 12.1 Å². The third-order valence-electron chi connectivity index (χ3n) is 4.55. The van der Waals surface area contributed by atoms with Crippen LogP contribution in [0.3, 0.4) is 0 Å². The first-order valence-electron chi connectivity index (χ1n) is 8.86. The number of likely N-dealkylation sites (N-methyl/N-ethyl adjacent to an activating group) is 1. The summed E-state index contributed by atoms with van der Waals surface area (Å²) in [5.41, 5.74) is 1.68. The second-order valence-corrected chi connectivity index (χ2v) is 9.14. The number of quaternary nitrogens is 1. The van der Waals surface area contributed by atoms with Gasteiger partial charge in [-0.1, -0.05) is 30.3 Å². The lowest BCUT2D eigenvalue weighted by Gasteiger charge is -2.22. The first-order valence-corrected chi connectivity index (χ1v) is 10.3. The van der Waals surface area contributed by atoms with Gasteiger partial charge in [-0.15, -0.1) is 0 Å². The average molecular weight is 391 g/mol. The van der Waals surface area contributed by atoms with Crippen molar-refractivity contribution in [2.45, 2.75) is 17.4 Å². The molecule has 2 aromatic rings. The second kappa shape index (κ2) is 9.12. The molecule has 0 aliphatic rings. The Bertz CT molecular complexity index is 848. The van der Waals surface area contributed by atoms with Crippen LogP contribution in [0.2, 0.25) is 0 Å². The number of carbonyl (C=O) groups is 1. The minimum Gasteiger partial charge on any atom is -0.346 e. The Balaban J connectivity index is 2.01. The summed E-state index contributed by atoms with van der Waals surface area (Å²) in [4.78, 5) is 13.9. The highest BCUT2D eigenvalue weighted by molar-refractivity contribution is 7.89. The smallest absolute Gasteiger partial charge is 0.251 e. The molecule has 1 amide bonds. The third kappa shape index (κ3) is 5.63. The fourth-order valence-electron chi connectivity index (χ4n) is 2.69. The summed E-state index contributed by atoms with van der Waals surface area (Å²) in [6.07, 6.45) is 0.865. The van der Waals surface area contributed by atoms with Gasteiger partial charge in [-0.05, 0) is 29.8 Å². The maximum absolute atomic E-state index is 12.4. The van der Waals surface area contributed by atoms with Gasteiger partial charge in [-0.25, -0.2) is 12.7 Å². The molecule has 0 unspecified atom stereocenters. The summed E-state index contributed by atoms with van der Waals surface area (Å²) in [5.74, 6) is -0.205. The van der Waals surface area contributed by atoms with Crippen LogP contribution >= 0.6 is 0 Å². The van der Waals surface area contributed by atoms with Gasteiger partial charge in [0.15, 0.2) is 0 Å². The SMILES string of the molecule is CN(C)S(=O)(=O)c1ccc(C(=O)NC[C@H](Cc2ccccc2)[NH+](C)C)cc1. The number of hydrogen-bond donors (Lipinski definition) is 2. The fraction of sp³-hybridized carbons (Fsp3) is 0.350. The molecule has 6 nitrogen and oxygen atoms in total. The molecule has 2 rings (SSSR count). The molecule has 2 aromatic carbocycles. The Morgan fingerprint density at radius 2 is 1.63 bits per heavy atom. The number of benzene rings is 2. The molecule has 0 bridgehead atoms. The number of sulfonamides is 1. The highest BCUT2D eigenvalue weighted by atomic mass is 32.2. The zero-order valence-corrected chi connectivity index (χ0v) is 17.1. The van der Waals surface area contributed by atoms with Crippen molar-refractivity contribution < 1.29 is 18.1 Å². The molecule has 0 saturated heterocycles. The predicted octanol–water partition coefficient (Wildman–Crippen LogP) is 0.423. The van der Waals surface area contributed by atoms with Gasteiger partial charge in [0, 0.05) is 26.1 Å². The van der Waals surface area contributed by atoms with Gasteiger partial charge in [0.2, 0.25) is 10.0 Å². The second-order valence-electron chi connectivity index (χ2n) is 6.99. The van der Waals surface area contributed by atoms with E-state index in [-0.39, 0.29) is 16.8 Å². The zero-order valence-electron chi connectivity index (χ0n) is 16.3. The minimum absolute atomic E-state index is 0.170. The maximum Gasteiger partial charge on any atom is 0.251 e. The molecule has 146 valence electrons. The van der Waals surface area contributed by atoms with Gasteiger partial charge >= 0.3 is 0 Å². The van der Waals surface area contributed by atoms with E-state index in [1.165, 1.54) is 36.7 Å². The molecule has 2 N–H and O–H groups in total. The number of carbonyl (C=O) groups excluding carboxylic acids is 1. The zero-order chi connectivity index (χ0) is 20.0. The van der Waals surface area contributed by atoms with Crippen LogP contribution in [0, 0.1) is 0 Å². The Hall–Kier alpha value is -2.22. The lowest BCUT2D eigenvalue weighted by molar-refractivity contribution is -0.884. The quantitative estimate of drug-likeness (QED) is 0.686. The van der Waals surface area contributed by atoms with Crippen molar-refractivity contribution in [3.63, 3.8) is 0 Å². The molecule has 0 spiro atoms. The molecular weight excluding hydrogens is 362 g/mol. The van der Waals surface area contributed by atoms with Crippen LogP contribution < -0.4 is 10.2 Å². The fourth-order valence-corrected chi connectivity index (χ4v) is 3.59. The molecule has 0 heterocycles. The summed E-state index contributed by atoms with van der Waals surface area (Å²) in [5, 5.41) is 2.96. The van der Waals surface area contributed by atoms with E-state index in [0.29, 0.717) is 12.1 Å². The van der Waals surface area contributed by atoms with E-state index in [4.69, 9.17) is 0 Å². The monoisotopic (exact) mass is 390 g/mol. The van der Waals surface area contributed by atoms with E-state index >= 15 is 0 Å². The molecule has 7 heteroatoms. The Morgan fingerprint density at radius 1 is 1.04 bits per heavy atom. The van der Waals surface area contributed by atoms with Gasteiger partial charge in [0.1, 0.15) is 6.04 Å². The van der Waals surface area contributed by atoms with Crippen molar-refractivity contribution in [3.05, 3.63) is 65.7 Å². The molecule has 0 radical (unpaired) electrons. The molecule has 0 fully saturated rings. The van der Waals surface area contributed by atoms with Crippen LogP contribution in [0.25, 0.3) is 0 Å². The first-order chi connectivity index (χ1) is 12.7. The summed E-state index contributed by atoms with van der Waals surface area (Å²) >= 11 is 0. The van der Waals surface area contributed by atoms with Gasteiger partial charge in [-0.3, -0.25) is 4.79 Å². The van der Waals surface area contributed by atoms with Gasteiger partial charge in [0.05, 0.1) is 25.5 Å². The summed E-state index contributed by atoms with van der Waals surface area (Å²) < 4.78 is 25.3. The van der Waals surface area contributed by atoms with E-state index in [2.05, 4.69) is 31.5 Å². The van der Waals surface area contributed by atoms with E-state index in [0.717, 1.165) is 10.7 Å². The van der Waals surface area contributed by atoms with Crippen LogP contribution in [0.4, 0.5) is 0 Å². The molecule has 0 aliphatic heterocycles. The summed E-state index contributed by atoms with van der Waals surface area (Å²) in [6, 6.07) is 16.4.